The number of aliphatic hydroxyl groups excluding tert-OH is 1. The van der Waals surface area contributed by atoms with Crippen LogP contribution in [0, 0.1) is 0 Å². The van der Waals surface area contributed by atoms with Crippen LogP contribution in [0.25, 0.3) is 0 Å². The number of hydrogen-bond donors (Lipinski definition) is 1. The Hall–Kier alpha value is -2.07. The van der Waals surface area contributed by atoms with Gasteiger partial charge in [-0.3, -0.25) is 4.98 Å². The van der Waals surface area contributed by atoms with Crippen LogP contribution >= 0.6 is 0 Å². The minimum absolute atomic E-state index is 0.0811. The van der Waals surface area contributed by atoms with Crippen molar-refractivity contribution in [1.29, 1.82) is 0 Å². The molecule has 0 amide bonds. The van der Waals surface area contributed by atoms with Gasteiger partial charge < -0.3 is 14.6 Å². The first-order valence-electron chi connectivity index (χ1n) is 7.01. The third-order valence-electron chi connectivity index (χ3n) is 3.05. The Morgan fingerprint density at radius 3 is 2.67 bits per heavy atom. The summed E-state index contributed by atoms with van der Waals surface area (Å²) in [6, 6.07) is 9.52. The standard InChI is InChI=1S/C17H21NO3/c1-12(2)21-16-9-14(10-18-11-16)17(19)8-13-5-4-6-15(7-13)20-3/h4-7,9-12,17,19H,8H2,1-3H3. The van der Waals surface area contributed by atoms with Gasteiger partial charge in [0.05, 0.1) is 25.5 Å². The van der Waals surface area contributed by atoms with Crippen molar-refractivity contribution >= 4 is 0 Å². The Morgan fingerprint density at radius 2 is 1.95 bits per heavy atom. The molecule has 4 nitrogen and oxygen atoms in total. The second-order valence-electron chi connectivity index (χ2n) is 5.19. The van der Waals surface area contributed by atoms with Crippen molar-refractivity contribution in [3.05, 3.63) is 53.9 Å². The highest BCUT2D eigenvalue weighted by Crippen LogP contribution is 2.23. The topological polar surface area (TPSA) is 51.6 Å². The molecule has 0 saturated heterocycles. The van der Waals surface area contributed by atoms with Gasteiger partial charge in [-0.2, -0.15) is 0 Å². The van der Waals surface area contributed by atoms with Crippen molar-refractivity contribution in [1.82, 2.24) is 4.98 Å². The zero-order chi connectivity index (χ0) is 15.2. The van der Waals surface area contributed by atoms with E-state index in [4.69, 9.17) is 9.47 Å². The first-order chi connectivity index (χ1) is 10.1. The second kappa shape index (κ2) is 7.09. The van der Waals surface area contributed by atoms with Crippen LogP contribution < -0.4 is 9.47 Å². The van der Waals surface area contributed by atoms with Gasteiger partial charge in [0, 0.05) is 18.2 Å². The number of rotatable bonds is 6. The molecule has 1 heterocycles. The van der Waals surface area contributed by atoms with Gasteiger partial charge in [-0.1, -0.05) is 12.1 Å². The zero-order valence-corrected chi connectivity index (χ0v) is 12.6. The van der Waals surface area contributed by atoms with Crippen LogP contribution in [0.15, 0.2) is 42.7 Å². The number of benzene rings is 1. The third kappa shape index (κ3) is 4.46. The lowest BCUT2D eigenvalue weighted by Crippen LogP contribution is -2.07. The Bertz CT molecular complexity index is 584. The lowest BCUT2D eigenvalue weighted by atomic mass is 10.0. The molecule has 2 aromatic rings. The Labute approximate surface area is 125 Å². The fourth-order valence-electron chi connectivity index (χ4n) is 2.09. The maximum absolute atomic E-state index is 10.4. The molecular formula is C17H21NO3. The number of pyridine rings is 1. The van der Waals surface area contributed by atoms with Crippen molar-refractivity contribution in [3.8, 4) is 11.5 Å². The average Bonchev–Trinajstić information content (AvgIpc) is 2.47. The fraction of sp³-hybridized carbons (Fsp3) is 0.353. The fourth-order valence-corrected chi connectivity index (χ4v) is 2.09. The largest absolute Gasteiger partial charge is 0.497 e. The Kier molecular flexibility index (Phi) is 5.17. The van der Waals surface area contributed by atoms with E-state index in [0.29, 0.717) is 12.2 Å². The van der Waals surface area contributed by atoms with Crippen molar-refractivity contribution in [2.45, 2.75) is 32.5 Å². The molecule has 2 rings (SSSR count). The summed E-state index contributed by atoms with van der Waals surface area (Å²) < 4.78 is 10.8. The zero-order valence-electron chi connectivity index (χ0n) is 12.6. The molecule has 1 aromatic heterocycles. The van der Waals surface area contributed by atoms with E-state index in [9.17, 15) is 5.11 Å². The van der Waals surface area contributed by atoms with Gasteiger partial charge in [0.15, 0.2) is 0 Å². The van der Waals surface area contributed by atoms with Crippen molar-refractivity contribution in [2.24, 2.45) is 0 Å². The van der Waals surface area contributed by atoms with E-state index in [-0.39, 0.29) is 6.10 Å². The van der Waals surface area contributed by atoms with Crippen LogP contribution in [-0.4, -0.2) is 23.3 Å². The van der Waals surface area contributed by atoms with Gasteiger partial charge in [0.1, 0.15) is 11.5 Å². The van der Waals surface area contributed by atoms with E-state index in [2.05, 4.69) is 4.98 Å². The van der Waals surface area contributed by atoms with Gasteiger partial charge >= 0.3 is 0 Å². The molecule has 1 atom stereocenters. The molecule has 112 valence electrons. The monoisotopic (exact) mass is 287 g/mol. The summed E-state index contributed by atoms with van der Waals surface area (Å²) in [5.74, 6) is 1.46. The van der Waals surface area contributed by atoms with Gasteiger partial charge in [0.25, 0.3) is 0 Å². The van der Waals surface area contributed by atoms with E-state index in [1.807, 2.05) is 44.2 Å². The highest BCUT2D eigenvalue weighted by Gasteiger charge is 2.11. The number of nitrogens with zero attached hydrogens (tertiary/aromatic N) is 1. The molecular weight excluding hydrogens is 266 g/mol. The maximum atomic E-state index is 10.4. The number of methoxy groups -OCH3 is 1. The number of hydrogen-bond acceptors (Lipinski definition) is 4. The van der Waals surface area contributed by atoms with Gasteiger partial charge in [-0.25, -0.2) is 0 Å². The van der Waals surface area contributed by atoms with E-state index >= 15 is 0 Å². The van der Waals surface area contributed by atoms with Crippen LogP contribution in [0.2, 0.25) is 0 Å². The van der Waals surface area contributed by atoms with Gasteiger partial charge in [-0.15, -0.1) is 0 Å². The van der Waals surface area contributed by atoms with Crippen LogP contribution in [0.3, 0.4) is 0 Å². The average molecular weight is 287 g/mol. The van der Waals surface area contributed by atoms with Crippen molar-refractivity contribution < 1.29 is 14.6 Å². The normalized spacial score (nSPS) is 12.2. The molecule has 0 aliphatic carbocycles. The van der Waals surface area contributed by atoms with E-state index in [0.717, 1.165) is 16.9 Å². The first-order valence-corrected chi connectivity index (χ1v) is 7.01. The van der Waals surface area contributed by atoms with E-state index in [1.54, 1.807) is 19.5 Å². The Balaban J connectivity index is 2.10. The van der Waals surface area contributed by atoms with Gasteiger partial charge in [0.2, 0.25) is 0 Å². The molecule has 0 fully saturated rings. The summed E-state index contributed by atoms with van der Waals surface area (Å²) in [7, 11) is 1.63. The number of aromatic nitrogens is 1. The molecule has 0 aliphatic heterocycles. The molecule has 0 saturated carbocycles. The lowest BCUT2D eigenvalue weighted by Gasteiger charge is -2.14. The summed E-state index contributed by atoms with van der Waals surface area (Å²) in [5, 5.41) is 10.4. The maximum Gasteiger partial charge on any atom is 0.138 e. The first kappa shape index (κ1) is 15.3. The molecule has 21 heavy (non-hydrogen) atoms. The minimum atomic E-state index is -0.625. The van der Waals surface area contributed by atoms with Crippen LogP contribution in [0.1, 0.15) is 31.1 Å². The predicted octanol–water partition coefficient (Wildman–Crippen LogP) is 3.15. The quantitative estimate of drug-likeness (QED) is 0.886. The molecule has 1 aromatic carbocycles. The third-order valence-corrected chi connectivity index (χ3v) is 3.05. The highest BCUT2D eigenvalue weighted by atomic mass is 16.5. The number of ether oxygens (including phenoxy) is 2. The summed E-state index contributed by atoms with van der Waals surface area (Å²) >= 11 is 0. The SMILES string of the molecule is COc1cccc(CC(O)c2cncc(OC(C)C)c2)c1. The van der Waals surface area contributed by atoms with E-state index in [1.165, 1.54) is 0 Å². The molecule has 0 spiro atoms. The molecule has 1 N–H and O–H groups in total. The summed E-state index contributed by atoms with van der Waals surface area (Å²) in [4.78, 5) is 4.12. The highest BCUT2D eigenvalue weighted by molar-refractivity contribution is 5.31. The van der Waals surface area contributed by atoms with Crippen molar-refractivity contribution in [2.75, 3.05) is 7.11 Å². The van der Waals surface area contributed by atoms with E-state index < -0.39 is 6.10 Å². The Morgan fingerprint density at radius 1 is 1.14 bits per heavy atom. The predicted molar refractivity (Wildman–Crippen MR) is 81.7 cm³/mol. The second-order valence-corrected chi connectivity index (χ2v) is 5.19. The van der Waals surface area contributed by atoms with Gasteiger partial charge in [-0.05, 0) is 37.6 Å². The molecule has 0 aliphatic rings. The molecule has 4 heteroatoms. The smallest absolute Gasteiger partial charge is 0.138 e. The van der Waals surface area contributed by atoms with Crippen LogP contribution in [0.5, 0.6) is 11.5 Å². The van der Waals surface area contributed by atoms with Crippen LogP contribution in [-0.2, 0) is 6.42 Å². The summed E-state index contributed by atoms with van der Waals surface area (Å²) in [5.41, 5.74) is 1.76. The summed E-state index contributed by atoms with van der Waals surface area (Å²) in [6.07, 6.45) is 3.28. The molecule has 0 bridgehead atoms. The minimum Gasteiger partial charge on any atom is -0.497 e. The van der Waals surface area contributed by atoms with Crippen molar-refractivity contribution in [3.63, 3.8) is 0 Å². The molecule has 0 radical (unpaired) electrons. The van der Waals surface area contributed by atoms with Crippen LogP contribution in [0.4, 0.5) is 0 Å². The molecule has 1 unspecified atom stereocenters. The number of aliphatic hydroxyl groups is 1. The lowest BCUT2D eigenvalue weighted by molar-refractivity contribution is 0.176. The summed E-state index contributed by atoms with van der Waals surface area (Å²) in [6.45, 7) is 3.92.